The lowest BCUT2D eigenvalue weighted by atomic mass is 10.3. The van der Waals surface area contributed by atoms with Gasteiger partial charge in [-0.1, -0.05) is 13.3 Å². The van der Waals surface area contributed by atoms with Crippen LogP contribution in [-0.2, 0) is 4.74 Å². The molecule has 0 aromatic heterocycles. The van der Waals surface area contributed by atoms with Crippen LogP contribution in [0.3, 0.4) is 0 Å². The number of hydrogen-bond acceptors (Lipinski definition) is 2. The number of nitrogens with one attached hydrogen (secondary N) is 2. The van der Waals surface area contributed by atoms with E-state index in [-0.39, 0.29) is 0 Å². The molecule has 0 aliphatic rings. The molecule has 0 aromatic carbocycles. The number of guanidine groups is 1. The van der Waals surface area contributed by atoms with Crippen molar-refractivity contribution >= 4 is 5.96 Å². The average Bonchev–Trinajstić information content (AvgIpc) is 2.34. The number of hydrogen-bond donors (Lipinski definition) is 2. The summed E-state index contributed by atoms with van der Waals surface area (Å²) in [6, 6.07) is 0. The van der Waals surface area contributed by atoms with E-state index < -0.39 is 0 Å². The van der Waals surface area contributed by atoms with E-state index in [1.54, 1.807) is 0 Å². The van der Waals surface area contributed by atoms with E-state index in [1.807, 2.05) is 6.92 Å². The normalized spacial score (nSPS) is 11.6. The Morgan fingerprint density at radius 1 is 1.06 bits per heavy atom. The minimum absolute atomic E-state index is 0.810. The Labute approximate surface area is 106 Å². The van der Waals surface area contributed by atoms with Crippen LogP contribution in [-0.4, -0.2) is 38.8 Å². The van der Waals surface area contributed by atoms with E-state index in [9.17, 15) is 0 Å². The molecule has 0 radical (unpaired) electrons. The zero-order valence-electron chi connectivity index (χ0n) is 11.7. The molecule has 17 heavy (non-hydrogen) atoms. The van der Waals surface area contributed by atoms with Gasteiger partial charge in [-0.25, -0.2) is 0 Å². The van der Waals surface area contributed by atoms with Gasteiger partial charge in [0.15, 0.2) is 5.96 Å². The van der Waals surface area contributed by atoms with Crippen LogP contribution in [0.15, 0.2) is 4.99 Å². The van der Waals surface area contributed by atoms with E-state index in [2.05, 4.69) is 29.5 Å². The molecule has 0 aromatic rings. The molecule has 0 bridgehead atoms. The number of aliphatic imine (C=N–C) groups is 1. The summed E-state index contributed by atoms with van der Waals surface area (Å²) >= 11 is 0. The first-order valence-corrected chi connectivity index (χ1v) is 6.95. The lowest BCUT2D eigenvalue weighted by Crippen LogP contribution is -2.37. The van der Waals surface area contributed by atoms with E-state index in [4.69, 9.17) is 4.74 Å². The summed E-state index contributed by atoms with van der Waals surface area (Å²) in [5.41, 5.74) is 0. The van der Waals surface area contributed by atoms with Gasteiger partial charge in [-0.2, -0.15) is 0 Å². The van der Waals surface area contributed by atoms with E-state index in [0.29, 0.717) is 0 Å². The van der Waals surface area contributed by atoms with Crippen LogP contribution in [0.25, 0.3) is 0 Å². The van der Waals surface area contributed by atoms with Gasteiger partial charge in [-0.15, -0.1) is 0 Å². The Balaban J connectivity index is 3.62. The fourth-order valence-electron chi connectivity index (χ4n) is 1.38. The van der Waals surface area contributed by atoms with Crippen molar-refractivity contribution in [1.82, 2.24) is 10.6 Å². The van der Waals surface area contributed by atoms with Crippen molar-refractivity contribution in [3.63, 3.8) is 0 Å². The molecular formula is C13H29N3O. The zero-order valence-corrected chi connectivity index (χ0v) is 11.7. The summed E-state index contributed by atoms with van der Waals surface area (Å²) in [7, 11) is 0. The highest BCUT2D eigenvalue weighted by atomic mass is 16.5. The Kier molecular flexibility index (Phi) is 12.7. The van der Waals surface area contributed by atoms with Crippen LogP contribution < -0.4 is 10.6 Å². The van der Waals surface area contributed by atoms with E-state index >= 15 is 0 Å². The van der Waals surface area contributed by atoms with Crippen molar-refractivity contribution in [2.45, 2.75) is 46.5 Å². The van der Waals surface area contributed by atoms with Crippen LogP contribution in [0, 0.1) is 0 Å². The van der Waals surface area contributed by atoms with Crippen LogP contribution in [0.4, 0.5) is 0 Å². The first kappa shape index (κ1) is 16.2. The third kappa shape index (κ3) is 11.5. The summed E-state index contributed by atoms with van der Waals surface area (Å²) in [5, 5.41) is 6.58. The van der Waals surface area contributed by atoms with Gasteiger partial charge in [-0.05, 0) is 33.1 Å². The molecule has 0 unspecified atom stereocenters. The summed E-state index contributed by atoms with van der Waals surface area (Å²) in [5.74, 6) is 0.942. The highest BCUT2D eigenvalue weighted by Gasteiger charge is 1.95. The second-order valence-electron chi connectivity index (χ2n) is 3.95. The smallest absolute Gasteiger partial charge is 0.191 e. The topological polar surface area (TPSA) is 45.7 Å². The van der Waals surface area contributed by atoms with Gasteiger partial charge >= 0.3 is 0 Å². The Morgan fingerprint density at radius 2 is 1.88 bits per heavy atom. The summed E-state index contributed by atoms with van der Waals surface area (Å²) < 4.78 is 5.29. The van der Waals surface area contributed by atoms with Gasteiger partial charge in [0.2, 0.25) is 0 Å². The molecule has 0 saturated carbocycles. The van der Waals surface area contributed by atoms with Crippen molar-refractivity contribution in [1.29, 1.82) is 0 Å². The predicted octanol–water partition coefficient (Wildman–Crippen LogP) is 2.16. The molecule has 0 heterocycles. The second-order valence-corrected chi connectivity index (χ2v) is 3.95. The summed E-state index contributed by atoms with van der Waals surface area (Å²) in [4.78, 5) is 4.52. The SMILES string of the molecule is CCCCNC(=NCCCCOCC)NCC. The van der Waals surface area contributed by atoms with Crippen molar-refractivity contribution in [2.24, 2.45) is 4.99 Å². The fraction of sp³-hybridized carbons (Fsp3) is 0.923. The standard InChI is InChI=1S/C13H29N3O/c1-4-7-10-15-13(14-5-2)16-11-8-9-12-17-6-3/h4-12H2,1-3H3,(H2,14,15,16). The van der Waals surface area contributed by atoms with Gasteiger partial charge in [0.1, 0.15) is 0 Å². The molecular weight excluding hydrogens is 214 g/mol. The quantitative estimate of drug-likeness (QED) is 0.351. The molecule has 102 valence electrons. The molecule has 0 aliphatic carbocycles. The fourth-order valence-corrected chi connectivity index (χ4v) is 1.38. The zero-order chi connectivity index (χ0) is 12.8. The molecule has 0 spiro atoms. The van der Waals surface area contributed by atoms with Crippen molar-refractivity contribution in [3.8, 4) is 0 Å². The van der Waals surface area contributed by atoms with E-state index in [1.165, 1.54) is 12.8 Å². The van der Waals surface area contributed by atoms with Crippen molar-refractivity contribution in [2.75, 3.05) is 32.8 Å². The maximum atomic E-state index is 5.29. The van der Waals surface area contributed by atoms with Gasteiger partial charge < -0.3 is 15.4 Å². The van der Waals surface area contributed by atoms with Crippen molar-refractivity contribution in [3.05, 3.63) is 0 Å². The highest BCUT2D eigenvalue weighted by molar-refractivity contribution is 5.79. The second kappa shape index (κ2) is 13.3. The maximum Gasteiger partial charge on any atom is 0.191 e. The predicted molar refractivity (Wildman–Crippen MR) is 74.6 cm³/mol. The molecule has 0 saturated heterocycles. The van der Waals surface area contributed by atoms with Crippen LogP contribution in [0.5, 0.6) is 0 Å². The molecule has 0 atom stereocenters. The minimum atomic E-state index is 0.810. The molecule has 2 N–H and O–H groups in total. The third-order valence-corrected chi connectivity index (χ3v) is 2.34. The molecule has 0 amide bonds. The monoisotopic (exact) mass is 243 g/mol. The van der Waals surface area contributed by atoms with Gasteiger partial charge in [0, 0.05) is 32.8 Å². The van der Waals surface area contributed by atoms with Crippen LogP contribution >= 0.6 is 0 Å². The molecule has 0 fully saturated rings. The highest BCUT2D eigenvalue weighted by Crippen LogP contribution is 1.91. The summed E-state index contributed by atoms with van der Waals surface area (Å²) in [6.45, 7) is 10.8. The largest absolute Gasteiger partial charge is 0.382 e. The Bertz CT molecular complexity index is 184. The first-order valence-electron chi connectivity index (χ1n) is 6.95. The number of nitrogens with zero attached hydrogens (tertiary/aromatic N) is 1. The first-order chi connectivity index (χ1) is 8.35. The van der Waals surface area contributed by atoms with Crippen LogP contribution in [0.1, 0.15) is 46.5 Å². The number of unbranched alkanes of at least 4 members (excludes halogenated alkanes) is 2. The molecule has 0 rings (SSSR count). The maximum absolute atomic E-state index is 5.29. The average molecular weight is 243 g/mol. The third-order valence-electron chi connectivity index (χ3n) is 2.34. The lowest BCUT2D eigenvalue weighted by Gasteiger charge is -2.10. The van der Waals surface area contributed by atoms with E-state index in [0.717, 1.165) is 51.6 Å². The number of ether oxygens (including phenoxy) is 1. The Hall–Kier alpha value is -0.770. The van der Waals surface area contributed by atoms with Crippen molar-refractivity contribution < 1.29 is 4.74 Å². The number of rotatable bonds is 10. The minimum Gasteiger partial charge on any atom is -0.382 e. The van der Waals surface area contributed by atoms with Gasteiger partial charge in [0.05, 0.1) is 0 Å². The van der Waals surface area contributed by atoms with Gasteiger partial charge in [0.25, 0.3) is 0 Å². The van der Waals surface area contributed by atoms with Gasteiger partial charge in [-0.3, -0.25) is 4.99 Å². The Morgan fingerprint density at radius 3 is 2.53 bits per heavy atom. The van der Waals surface area contributed by atoms with Crippen LogP contribution in [0.2, 0.25) is 0 Å². The lowest BCUT2D eigenvalue weighted by molar-refractivity contribution is 0.144. The molecule has 4 nitrogen and oxygen atoms in total. The summed E-state index contributed by atoms with van der Waals surface area (Å²) in [6.07, 6.45) is 4.57. The molecule has 4 heteroatoms. The molecule has 0 aliphatic heterocycles.